The van der Waals surface area contributed by atoms with Gasteiger partial charge >= 0.3 is 0 Å². The number of rotatable bonds is 10. The molecule has 19 heavy (non-hydrogen) atoms. The van der Waals surface area contributed by atoms with Crippen molar-refractivity contribution in [2.24, 2.45) is 0 Å². The molecule has 0 spiro atoms. The summed E-state index contributed by atoms with van der Waals surface area (Å²) in [7, 11) is 1.66. The van der Waals surface area contributed by atoms with Crippen LogP contribution < -0.4 is 4.74 Å². The summed E-state index contributed by atoms with van der Waals surface area (Å²) < 4.78 is 15.8. The van der Waals surface area contributed by atoms with E-state index in [2.05, 4.69) is 0 Å². The van der Waals surface area contributed by atoms with Crippen molar-refractivity contribution in [1.82, 2.24) is 0 Å². The molecule has 1 rings (SSSR count). The van der Waals surface area contributed by atoms with Gasteiger partial charge in [0.2, 0.25) is 0 Å². The van der Waals surface area contributed by atoms with Crippen LogP contribution in [0, 0.1) is 0 Å². The fraction of sp³-hybridized carbons (Fsp3) is 0.600. The Kier molecular flexibility index (Phi) is 8.21. The molecule has 0 heterocycles. The summed E-state index contributed by atoms with van der Waals surface area (Å²) in [6.45, 7) is 4.51. The molecular formula is C15H24O4. The highest BCUT2D eigenvalue weighted by molar-refractivity contribution is 5.28. The number of hydrogen-bond donors (Lipinski definition) is 1. The third-order valence-electron chi connectivity index (χ3n) is 2.79. The molecule has 0 bridgehead atoms. The lowest BCUT2D eigenvalue weighted by Gasteiger charge is -2.10. The van der Waals surface area contributed by atoms with Gasteiger partial charge in [-0.1, -0.05) is 19.1 Å². The van der Waals surface area contributed by atoms with Crippen LogP contribution in [0.25, 0.3) is 0 Å². The molecule has 1 aromatic rings. The zero-order chi connectivity index (χ0) is 13.9. The largest absolute Gasteiger partial charge is 0.494 e. The first-order chi connectivity index (χ1) is 9.27. The molecule has 0 fully saturated rings. The van der Waals surface area contributed by atoms with Crippen LogP contribution in [0.3, 0.4) is 0 Å². The summed E-state index contributed by atoms with van der Waals surface area (Å²) in [4.78, 5) is 0. The second-order valence-electron chi connectivity index (χ2n) is 4.30. The zero-order valence-corrected chi connectivity index (χ0v) is 11.8. The van der Waals surface area contributed by atoms with Crippen LogP contribution in [0.2, 0.25) is 0 Å². The molecule has 0 amide bonds. The number of hydrogen-bond acceptors (Lipinski definition) is 4. The van der Waals surface area contributed by atoms with Crippen molar-refractivity contribution >= 4 is 0 Å². The second kappa shape index (κ2) is 9.78. The SMILES string of the molecule is CC[C@H](O)c1ccc(OCCCOCCOC)cc1. The number of ether oxygens (including phenoxy) is 3. The lowest BCUT2D eigenvalue weighted by Crippen LogP contribution is -2.06. The highest BCUT2D eigenvalue weighted by Gasteiger charge is 2.04. The van der Waals surface area contributed by atoms with Crippen molar-refractivity contribution in [1.29, 1.82) is 0 Å². The van der Waals surface area contributed by atoms with Crippen LogP contribution in [0.1, 0.15) is 31.4 Å². The minimum atomic E-state index is -0.386. The fourth-order valence-electron chi connectivity index (χ4n) is 1.62. The van der Waals surface area contributed by atoms with E-state index in [1.807, 2.05) is 31.2 Å². The summed E-state index contributed by atoms with van der Waals surface area (Å²) in [5.41, 5.74) is 0.928. The van der Waals surface area contributed by atoms with E-state index in [-0.39, 0.29) is 6.10 Å². The Morgan fingerprint density at radius 2 is 1.79 bits per heavy atom. The highest BCUT2D eigenvalue weighted by atomic mass is 16.5. The molecule has 0 saturated heterocycles. The van der Waals surface area contributed by atoms with Gasteiger partial charge in [-0.3, -0.25) is 0 Å². The maximum atomic E-state index is 9.67. The van der Waals surface area contributed by atoms with Crippen molar-refractivity contribution in [3.8, 4) is 5.75 Å². The van der Waals surface area contributed by atoms with Crippen LogP contribution in [0.5, 0.6) is 5.75 Å². The average molecular weight is 268 g/mol. The van der Waals surface area contributed by atoms with Gasteiger partial charge in [0, 0.05) is 20.1 Å². The lowest BCUT2D eigenvalue weighted by atomic mass is 10.1. The Hall–Kier alpha value is -1.10. The van der Waals surface area contributed by atoms with Crippen molar-refractivity contribution in [3.63, 3.8) is 0 Å². The molecule has 4 heteroatoms. The Morgan fingerprint density at radius 1 is 1.05 bits per heavy atom. The van der Waals surface area contributed by atoms with E-state index in [1.165, 1.54) is 0 Å². The topological polar surface area (TPSA) is 47.9 Å². The summed E-state index contributed by atoms with van der Waals surface area (Å²) >= 11 is 0. The number of benzene rings is 1. The molecule has 0 aliphatic carbocycles. The first kappa shape index (κ1) is 16.0. The molecule has 0 aromatic heterocycles. The van der Waals surface area contributed by atoms with E-state index >= 15 is 0 Å². The van der Waals surface area contributed by atoms with Gasteiger partial charge in [-0.2, -0.15) is 0 Å². The standard InChI is InChI=1S/C15H24O4/c1-3-15(16)13-5-7-14(8-6-13)19-10-4-9-18-12-11-17-2/h5-8,15-16H,3-4,9-12H2,1-2H3/t15-/m0/s1. The molecule has 108 valence electrons. The molecule has 1 aromatic carbocycles. The van der Waals surface area contributed by atoms with Gasteiger partial charge in [0.1, 0.15) is 5.75 Å². The van der Waals surface area contributed by atoms with Crippen molar-refractivity contribution in [3.05, 3.63) is 29.8 Å². The van der Waals surface area contributed by atoms with E-state index in [1.54, 1.807) is 7.11 Å². The van der Waals surface area contributed by atoms with Gasteiger partial charge in [0.15, 0.2) is 0 Å². The molecule has 1 atom stereocenters. The number of aliphatic hydroxyl groups excluding tert-OH is 1. The Labute approximate surface area is 115 Å². The monoisotopic (exact) mass is 268 g/mol. The van der Waals surface area contributed by atoms with Crippen LogP contribution in [-0.2, 0) is 9.47 Å². The molecule has 4 nitrogen and oxygen atoms in total. The van der Waals surface area contributed by atoms with Crippen LogP contribution in [-0.4, -0.2) is 38.6 Å². The Morgan fingerprint density at radius 3 is 2.42 bits per heavy atom. The molecule has 0 saturated carbocycles. The van der Waals surface area contributed by atoms with E-state index in [0.29, 0.717) is 26.4 Å². The molecular weight excluding hydrogens is 244 g/mol. The quantitative estimate of drug-likeness (QED) is 0.663. The van der Waals surface area contributed by atoms with Gasteiger partial charge < -0.3 is 19.3 Å². The molecule has 0 aliphatic rings. The summed E-state index contributed by atoms with van der Waals surface area (Å²) in [6.07, 6.45) is 1.19. The average Bonchev–Trinajstić information content (AvgIpc) is 2.46. The van der Waals surface area contributed by atoms with E-state index < -0.39 is 0 Å². The maximum Gasteiger partial charge on any atom is 0.119 e. The van der Waals surface area contributed by atoms with Gasteiger partial charge in [0.05, 0.1) is 25.9 Å². The third-order valence-corrected chi connectivity index (χ3v) is 2.79. The van der Waals surface area contributed by atoms with E-state index in [9.17, 15) is 5.11 Å². The van der Waals surface area contributed by atoms with Crippen LogP contribution in [0.15, 0.2) is 24.3 Å². The maximum absolute atomic E-state index is 9.67. The Bertz CT molecular complexity index is 323. The Balaban J connectivity index is 2.16. The fourth-order valence-corrected chi connectivity index (χ4v) is 1.62. The molecule has 0 radical (unpaired) electrons. The molecule has 0 unspecified atom stereocenters. The third kappa shape index (κ3) is 6.57. The van der Waals surface area contributed by atoms with Gasteiger partial charge in [-0.05, 0) is 24.1 Å². The van der Waals surface area contributed by atoms with Gasteiger partial charge in [-0.25, -0.2) is 0 Å². The number of aliphatic hydroxyl groups is 1. The summed E-state index contributed by atoms with van der Waals surface area (Å²) in [5, 5.41) is 9.67. The van der Waals surface area contributed by atoms with Gasteiger partial charge in [-0.15, -0.1) is 0 Å². The minimum Gasteiger partial charge on any atom is -0.494 e. The first-order valence-corrected chi connectivity index (χ1v) is 6.75. The molecule has 1 N–H and O–H groups in total. The minimum absolute atomic E-state index is 0.386. The van der Waals surface area contributed by atoms with Crippen molar-refractivity contribution in [2.45, 2.75) is 25.9 Å². The molecule has 0 aliphatic heterocycles. The summed E-state index contributed by atoms with van der Waals surface area (Å²) in [5.74, 6) is 0.823. The smallest absolute Gasteiger partial charge is 0.119 e. The first-order valence-electron chi connectivity index (χ1n) is 6.75. The number of methoxy groups -OCH3 is 1. The van der Waals surface area contributed by atoms with Gasteiger partial charge in [0.25, 0.3) is 0 Å². The van der Waals surface area contributed by atoms with Crippen LogP contribution in [0.4, 0.5) is 0 Å². The second-order valence-corrected chi connectivity index (χ2v) is 4.30. The van der Waals surface area contributed by atoms with Crippen molar-refractivity contribution < 1.29 is 19.3 Å². The highest BCUT2D eigenvalue weighted by Crippen LogP contribution is 2.19. The normalized spacial score (nSPS) is 12.4. The van der Waals surface area contributed by atoms with E-state index in [0.717, 1.165) is 24.2 Å². The lowest BCUT2D eigenvalue weighted by molar-refractivity contribution is 0.0644. The predicted octanol–water partition coefficient (Wildman–Crippen LogP) is 2.56. The zero-order valence-electron chi connectivity index (χ0n) is 11.8. The van der Waals surface area contributed by atoms with E-state index in [4.69, 9.17) is 14.2 Å². The predicted molar refractivity (Wildman–Crippen MR) is 74.5 cm³/mol. The summed E-state index contributed by atoms with van der Waals surface area (Å²) in [6, 6.07) is 7.58. The van der Waals surface area contributed by atoms with Crippen molar-refractivity contribution in [2.75, 3.05) is 33.5 Å². The van der Waals surface area contributed by atoms with Crippen LogP contribution >= 0.6 is 0 Å².